The van der Waals surface area contributed by atoms with Gasteiger partial charge in [-0.2, -0.15) is 0 Å². The monoisotopic (exact) mass is 326 g/mol. The van der Waals surface area contributed by atoms with E-state index in [4.69, 9.17) is 4.74 Å². The lowest BCUT2D eigenvalue weighted by molar-refractivity contribution is 0.0945. The molecule has 0 atom stereocenters. The molecule has 1 aliphatic carbocycles. The fraction of sp³-hybridized carbons (Fsp3) is 0.389. The van der Waals surface area contributed by atoms with Gasteiger partial charge in [0, 0.05) is 18.7 Å². The van der Waals surface area contributed by atoms with Gasteiger partial charge in [-0.3, -0.25) is 4.79 Å². The Bertz CT molecular complexity index is 729. The number of hydrogen-bond donors (Lipinski definition) is 2. The Morgan fingerprint density at radius 3 is 2.83 bits per heavy atom. The first kappa shape index (κ1) is 16.2. The van der Waals surface area contributed by atoms with Crippen molar-refractivity contribution in [3.8, 4) is 5.75 Å². The highest BCUT2D eigenvalue weighted by Gasteiger charge is 2.24. The molecule has 1 aromatic carbocycles. The highest BCUT2D eigenvalue weighted by molar-refractivity contribution is 5.93. The zero-order valence-electron chi connectivity index (χ0n) is 14.0. The van der Waals surface area contributed by atoms with Crippen molar-refractivity contribution < 1.29 is 9.53 Å². The van der Waals surface area contributed by atoms with Gasteiger partial charge in [-0.15, -0.1) is 0 Å². The number of methoxy groups -OCH3 is 1. The first-order valence-corrected chi connectivity index (χ1v) is 8.18. The lowest BCUT2D eigenvalue weighted by Crippen LogP contribution is -2.26. The summed E-state index contributed by atoms with van der Waals surface area (Å²) < 4.78 is 5.35. The number of amides is 1. The lowest BCUT2D eigenvalue weighted by atomic mass is 10.1. The van der Waals surface area contributed by atoms with Gasteiger partial charge >= 0.3 is 0 Å². The summed E-state index contributed by atoms with van der Waals surface area (Å²) in [4.78, 5) is 20.7. The smallest absolute Gasteiger partial charge is 0.270 e. The van der Waals surface area contributed by atoms with Crippen molar-refractivity contribution in [2.75, 3.05) is 19.0 Å². The predicted octanol–water partition coefficient (Wildman–Crippen LogP) is 2.34. The number of rotatable bonds is 7. The molecule has 6 heteroatoms. The first-order valence-electron chi connectivity index (χ1n) is 8.18. The van der Waals surface area contributed by atoms with Crippen LogP contribution in [0.5, 0.6) is 5.75 Å². The number of anilines is 1. The molecule has 24 heavy (non-hydrogen) atoms. The second-order valence-corrected chi connectivity index (χ2v) is 5.92. The highest BCUT2D eigenvalue weighted by atomic mass is 16.5. The van der Waals surface area contributed by atoms with Gasteiger partial charge in [0.15, 0.2) is 0 Å². The Morgan fingerprint density at radius 2 is 2.08 bits per heavy atom. The largest absolute Gasteiger partial charge is 0.496 e. The average molecular weight is 326 g/mol. The minimum atomic E-state index is -0.129. The van der Waals surface area contributed by atoms with Crippen molar-refractivity contribution in [2.24, 2.45) is 0 Å². The predicted molar refractivity (Wildman–Crippen MR) is 92.4 cm³/mol. The molecule has 0 unspecified atom stereocenters. The van der Waals surface area contributed by atoms with Gasteiger partial charge in [-0.05, 0) is 37.8 Å². The van der Waals surface area contributed by atoms with Crippen molar-refractivity contribution in [3.63, 3.8) is 0 Å². The molecule has 1 amide bonds. The summed E-state index contributed by atoms with van der Waals surface area (Å²) in [5.41, 5.74) is 1.54. The van der Waals surface area contributed by atoms with Crippen LogP contribution in [0, 0.1) is 6.92 Å². The third-order valence-corrected chi connectivity index (χ3v) is 3.88. The minimum Gasteiger partial charge on any atom is -0.496 e. The molecule has 1 saturated carbocycles. The van der Waals surface area contributed by atoms with Gasteiger partial charge in [-0.1, -0.05) is 18.2 Å². The fourth-order valence-corrected chi connectivity index (χ4v) is 2.50. The van der Waals surface area contributed by atoms with E-state index >= 15 is 0 Å². The molecule has 1 aromatic heterocycles. The number of carbonyl (C=O) groups excluding carboxylic acids is 1. The number of nitrogens with zero attached hydrogens (tertiary/aromatic N) is 2. The minimum absolute atomic E-state index is 0.129. The molecule has 2 N–H and O–H groups in total. The second-order valence-electron chi connectivity index (χ2n) is 5.92. The van der Waals surface area contributed by atoms with Crippen LogP contribution in [0.3, 0.4) is 0 Å². The molecule has 3 rings (SSSR count). The Hall–Kier alpha value is -2.63. The zero-order valence-corrected chi connectivity index (χ0v) is 14.0. The SMILES string of the molecule is COc1ccccc1CCNc1cc(C(=O)NC2CC2)nc(C)n1. The van der Waals surface area contributed by atoms with Gasteiger partial charge in [-0.25, -0.2) is 9.97 Å². The molecule has 0 bridgehead atoms. The van der Waals surface area contributed by atoms with Crippen LogP contribution in [0.1, 0.15) is 34.7 Å². The van der Waals surface area contributed by atoms with Crippen LogP contribution < -0.4 is 15.4 Å². The summed E-state index contributed by atoms with van der Waals surface area (Å²) >= 11 is 0. The van der Waals surface area contributed by atoms with E-state index in [9.17, 15) is 4.79 Å². The van der Waals surface area contributed by atoms with Crippen LogP contribution in [0.15, 0.2) is 30.3 Å². The molecule has 1 fully saturated rings. The number of aromatic nitrogens is 2. The molecule has 2 aromatic rings. The van der Waals surface area contributed by atoms with E-state index in [-0.39, 0.29) is 5.91 Å². The van der Waals surface area contributed by atoms with Gasteiger partial charge in [0.1, 0.15) is 23.1 Å². The lowest BCUT2D eigenvalue weighted by Gasteiger charge is -2.11. The molecule has 0 radical (unpaired) electrons. The molecule has 1 heterocycles. The van der Waals surface area contributed by atoms with Crippen LogP contribution >= 0.6 is 0 Å². The van der Waals surface area contributed by atoms with Crippen molar-refractivity contribution >= 4 is 11.7 Å². The number of nitrogens with one attached hydrogen (secondary N) is 2. The van der Waals surface area contributed by atoms with Crippen LogP contribution in [-0.2, 0) is 6.42 Å². The molecular weight excluding hydrogens is 304 g/mol. The summed E-state index contributed by atoms with van der Waals surface area (Å²) in [5.74, 6) is 2.00. The van der Waals surface area contributed by atoms with Crippen LogP contribution in [0.4, 0.5) is 5.82 Å². The third-order valence-electron chi connectivity index (χ3n) is 3.88. The van der Waals surface area contributed by atoms with Crippen LogP contribution in [-0.4, -0.2) is 35.6 Å². The quantitative estimate of drug-likeness (QED) is 0.817. The van der Waals surface area contributed by atoms with Crippen molar-refractivity contribution in [1.29, 1.82) is 0 Å². The number of ether oxygens (including phenoxy) is 1. The number of para-hydroxylation sites is 1. The molecule has 0 spiro atoms. The summed E-state index contributed by atoms with van der Waals surface area (Å²) in [7, 11) is 1.67. The topological polar surface area (TPSA) is 76.1 Å². The number of carbonyl (C=O) groups is 1. The molecular formula is C18H22N4O2. The molecule has 0 aliphatic heterocycles. The van der Waals surface area contributed by atoms with Crippen molar-refractivity contribution in [3.05, 3.63) is 47.4 Å². The molecule has 1 aliphatic rings. The molecule has 6 nitrogen and oxygen atoms in total. The van der Waals surface area contributed by atoms with Gasteiger partial charge in [0.05, 0.1) is 7.11 Å². The summed E-state index contributed by atoms with van der Waals surface area (Å²) in [6.45, 7) is 2.49. The van der Waals surface area contributed by atoms with Crippen molar-refractivity contribution in [1.82, 2.24) is 15.3 Å². The van der Waals surface area contributed by atoms with Crippen molar-refractivity contribution in [2.45, 2.75) is 32.2 Å². The van der Waals surface area contributed by atoms with E-state index in [1.165, 1.54) is 0 Å². The van der Waals surface area contributed by atoms with Gasteiger partial charge < -0.3 is 15.4 Å². The highest BCUT2D eigenvalue weighted by Crippen LogP contribution is 2.20. The standard InChI is InChI=1S/C18H22N4O2/c1-12-20-15(18(23)22-14-7-8-14)11-17(21-12)19-10-9-13-5-3-4-6-16(13)24-2/h3-6,11,14H,7-10H2,1-2H3,(H,22,23)(H,19,20,21). The van der Waals surface area contributed by atoms with Gasteiger partial charge in [0.25, 0.3) is 5.91 Å². The summed E-state index contributed by atoms with van der Waals surface area (Å²) in [5, 5.41) is 6.21. The van der Waals surface area contributed by atoms with E-state index in [0.29, 0.717) is 29.9 Å². The number of benzene rings is 1. The second kappa shape index (κ2) is 7.29. The zero-order chi connectivity index (χ0) is 16.9. The molecule has 126 valence electrons. The Labute approximate surface area is 141 Å². The maximum atomic E-state index is 12.1. The van der Waals surface area contributed by atoms with E-state index in [0.717, 1.165) is 30.6 Å². The Balaban J connectivity index is 1.62. The summed E-state index contributed by atoms with van der Waals surface area (Å²) in [6, 6.07) is 9.95. The number of hydrogen-bond acceptors (Lipinski definition) is 5. The Morgan fingerprint density at radius 1 is 1.29 bits per heavy atom. The Kier molecular flexibility index (Phi) is 4.93. The van der Waals surface area contributed by atoms with Crippen LogP contribution in [0.25, 0.3) is 0 Å². The van der Waals surface area contributed by atoms with Gasteiger partial charge in [0.2, 0.25) is 0 Å². The van der Waals surface area contributed by atoms with Crippen LogP contribution in [0.2, 0.25) is 0 Å². The fourth-order valence-electron chi connectivity index (χ4n) is 2.50. The summed E-state index contributed by atoms with van der Waals surface area (Å²) in [6.07, 6.45) is 2.91. The first-order chi connectivity index (χ1) is 11.7. The third kappa shape index (κ3) is 4.22. The number of aryl methyl sites for hydroxylation is 1. The average Bonchev–Trinajstić information content (AvgIpc) is 3.39. The normalized spacial score (nSPS) is 13.4. The van der Waals surface area contributed by atoms with E-state index in [2.05, 4.69) is 20.6 Å². The van der Waals surface area contributed by atoms with E-state index < -0.39 is 0 Å². The van der Waals surface area contributed by atoms with E-state index in [1.54, 1.807) is 20.1 Å². The molecule has 0 saturated heterocycles. The maximum absolute atomic E-state index is 12.1. The van der Waals surface area contributed by atoms with E-state index in [1.807, 2.05) is 24.3 Å². The maximum Gasteiger partial charge on any atom is 0.270 e.